The molecule has 10 nitrogen and oxygen atoms in total. The third-order valence-electron chi connectivity index (χ3n) is 4.43. The highest BCUT2D eigenvalue weighted by atomic mass is 32.1. The van der Waals surface area contributed by atoms with Crippen molar-refractivity contribution in [2.24, 2.45) is 5.10 Å². The van der Waals surface area contributed by atoms with Gasteiger partial charge >= 0.3 is 0 Å². The van der Waals surface area contributed by atoms with Crippen LogP contribution < -0.4 is 25.8 Å². The van der Waals surface area contributed by atoms with Gasteiger partial charge in [-0.3, -0.25) is 25.4 Å². The first kappa shape index (κ1) is 22.0. The lowest BCUT2D eigenvalue weighted by atomic mass is 10.1. The number of ether oxygens (including phenoxy) is 2. The number of nitrogens with one attached hydrogen (secondary N) is 3. The minimum absolute atomic E-state index is 0.195. The number of aromatic nitrogens is 2. The highest BCUT2D eigenvalue weighted by Gasteiger charge is 2.15. The number of hydrazone groups is 1. The van der Waals surface area contributed by atoms with Gasteiger partial charge in [0.15, 0.2) is 11.5 Å². The van der Waals surface area contributed by atoms with Gasteiger partial charge in [0, 0.05) is 24.9 Å². The largest absolute Gasteiger partial charge is 0.454 e. The number of carbonyl (C=O) groups is 2. The summed E-state index contributed by atoms with van der Waals surface area (Å²) in [4.78, 5) is 32.7. The molecule has 0 bridgehead atoms. The van der Waals surface area contributed by atoms with E-state index in [-0.39, 0.29) is 18.6 Å². The number of rotatable bonds is 7. The Bertz CT molecular complexity index is 1240. The van der Waals surface area contributed by atoms with Gasteiger partial charge in [-0.25, -0.2) is 10.4 Å². The summed E-state index contributed by atoms with van der Waals surface area (Å²) in [5.41, 5.74) is 10.3. The molecule has 4 rings (SSSR count). The molecule has 1 aromatic carbocycles. The van der Waals surface area contributed by atoms with Crippen molar-refractivity contribution in [1.29, 1.82) is 0 Å². The lowest BCUT2D eigenvalue weighted by Gasteiger charge is -2.03. The van der Waals surface area contributed by atoms with Crippen molar-refractivity contribution in [3.8, 4) is 11.5 Å². The molecule has 0 fully saturated rings. The highest BCUT2D eigenvalue weighted by Crippen LogP contribution is 2.33. The Morgan fingerprint density at radius 1 is 1.15 bits per heavy atom. The molecule has 11 heteroatoms. The van der Waals surface area contributed by atoms with Crippen molar-refractivity contribution in [2.75, 3.05) is 12.2 Å². The summed E-state index contributed by atoms with van der Waals surface area (Å²) < 4.78 is 10.8. The molecule has 0 atom stereocenters. The van der Waals surface area contributed by atoms with E-state index in [1.807, 2.05) is 31.2 Å². The molecule has 0 unspecified atom stereocenters. The van der Waals surface area contributed by atoms with Gasteiger partial charge in [0.05, 0.1) is 10.6 Å². The maximum Gasteiger partial charge on any atom is 0.271 e. The van der Waals surface area contributed by atoms with Gasteiger partial charge in [0.1, 0.15) is 5.71 Å². The van der Waals surface area contributed by atoms with E-state index in [1.54, 1.807) is 18.2 Å². The third kappa shape index (κ3) is 5.52. The summed E-state index contributed by atoms with van der Waals surface area (Å²) in [5.74, 6) is 0.741. The fourth-order valence-electron chi connectivity index (χ4n) is 2.86. The van der Waals surface area contributed by atoms with Crippen LogP contribution in [0, 0.1) is 6.92 Å². The summed E-state index contributed by atoms with van der Waals surface area (Å²) >= 11 is 1.29. The average Bonchev–Trinajstić information content (AvgIpc) is 3.44. The van der Waals surface area contributed by atoms with Crippen LogP contribution in [0.5, 0.6) is 11.5 Å². The van der Waals surface area contributed by atoms with Gasteiger partial charge in [-0.2, -0.15) is 5.10 Å². The second-order valence-electron chi connectivity index (χ2n) is 6.86. The molecule has 0 saturated carbocycles. The first-order valence-electron chi connectivity index (χ1n) is 9.86. The number of fused-ring (bicyclic) bond motifs is 1. The number of carbonyl (C=O) groups excluding carboxylic acids is 2. The number of nitrogens with zero attached hydrogens (tertiary/aromatic N) is 3. The van der Waals surface area contributed by atoms with Crippen LogP contribution in [0.1, 0.15) is 33.4 Å². The molecule has 3 N–H and O–H groups in total. The van der Waals surface area contributed by atoms with Gasteiger partial charge < -0.3 is 9.47 Å². The van der Waals surface area contributed by atoms with Gasteiger partial charge in [0.25, 0.3) is 5.91 Å². The second-order valence-corrected chi connectivity index (χ2v) is 7.86. The van der Waals surface area contributed by atoms with Gasteiger partial charge in [0.2, 0.25) is 17.8 Å². The Kier molecular flexibility index (Phi) is 6.60. The molecule has 0 saturated heterocycles. The highest BCUT2D eigenvalue weighted by molar-refractivity contribution is 7.17. The minimum Gasteiger partial charge on any atom is -0.454 e. The molecular formula is C22H20N6O4S. The van der Waals surface area contributed by atoms with Crippen molar-refractivity contribution in [2.45, 2.75) is 13.8 Å². The van der Waals surface area contributed by atoms with Gasteiger partial charge in [-0.05, 0) is 42.8 Å². The summed E-state index contributed by atoms with van der Waals surface area (Å²) in [7, 11) is 0. The van der Waals surface area contributed by atoms with Crippen LogP contribution in [0.3, 0.4) is 0 Å². The quantitative estimate of drug-likeness (QED) is 0.362. The topological polar surface area (TPSA) is 127 Å². The zero-order valence-electron chi connectivity index (χ0n) is 17.8. The number of aryl methyl sites for hydroxylation is 1. The molecule has 33 heavy (non-hydrogen) atoms. The average molecular weight is 465 g/mol. The molecule has 0 spiro atoms. The van der Waals surface area contributed by atoms with E-state index < -0.39 is 0 Å². The van der Waals surface area contributed by atoms with E-state index in [2.05, 4.69) is 31.3 Å². The number of pyridine rings is 1. The number of hydrazine groups is 1. The molecule has 0 radical (unpaired) electrons. The van der Waals surface area contributed by atoms with Crippen LogP contribution in [0.25, 0.3) is 6.08 Å². The van der Waals surface area contributed by atoms with Gasteiger partial charge in [-0.1, -0.05) is 23.5 Å². The summed E-state index contributed by atoms with van der Waals surface area (Å²) in [6.45, 7) is 3.41. The van der Waals surface area contributed by atoms with Crippen molar-refractivity contribution >= 4 is 40.1 Å². The molecule has 2 aromatic heterocycles. The zero-order valence-corrected chi connectivity index (χ0v) is 18.6. The van der Waals surface area contributed by atoms with Crippen LogP contribution in [-0.2, 0) is 4.79 Å². The van der Waals surface area contributed by atoms with Gasteiger partial charge in [-0.15, -0.1) is 0 Å². The van der Waals surface area contributed by atoms with Crippen LogP contribution in [0.2, 0.25) is 0 Å². The Labute approximate surface area is 193 Å². The number of thiazole rings is 1. The second kappa shape index (κ2) is 9.92. The van der Waals surface area contributed by atoms with E-state index >= 15 is 0 Å². The van der Waals surface area contributed by atoms with Crippen LogP contribution in [0.15, 0.2) is 53.9 Å². The Morgan fingerprint density at radius 2 is 1.94 bits per heavy atom. The van der Waals surface area contributed by atoms with Crippen molar-refractivity contribution in [3.63, 3.8) is 0 Å². The first-order chi connectivity index (χ1) is 16.0. The van der Waals surface area contributed by atoms with Crippen molar-refractivity contribution in [1.82, 2.24) is 20.8 Å². The molecule has 168 valence electrons. The van der Waals surface area contributed by atoms with Crippen LogP contribution >= 0.6 is 11.3 Å². The third-order valence-corrected chi connectivity index (χ3v) is 5.52. The summed E-state index contributed by atoms with van der Waals surface area (Å²) in [6, 6.07) is 8.77. The smallest absolute Gasteiger partial charge is 0.271 e. The standard InChI is InChI=1S/C22H20N6O4S/c1-13-20(33-22(24-13)28-25-14(2)29)17(26-27-21(30)16-7-9-23-10-8-16)5-3-15-4-6-18-19(11-15)32-12-31-18/h3-11H,12H2,1-2H3,(H,24,28)(H,25,29)(H,27,30)/b5-3?,26-17+. The molecule has 3 heterocycles. The summed E-state index contributed by atoms with van der Waals surface area (Å²) in [6.07, 6.45) is 6.69. The molecule has 2 amide bonds. The SMILES string of the molecule is CC(=O)NNc1nc(C)c(/C(C=Cc2ccc3c(c2)OCO3)=N/NC(=O)c2ccncc2)s1. The number of allylic oxidation sites excluding steroid dienone is 1. The Hall–Kier alpha value is -4.25. The van der Waals surface area contributed by atoms with E-state index in [9.17, 15) is 9.59 Å². The van der Waals surface area contributed by atoms with E-state index in [1.165, 1.54) is 30.7 Å². The predicted octanol–water partition coefficient (Wildman–Crippen LogP) is 2.89. The zero-order chi connectivity index (χ0) is 23.2. The Morgan fingerprint density at radius 3 is 2.73 bits per heavy atom. The monoisotopic (exact) mass is 464 g/mol. The van der Waals surface area contributed by atoms with E-state index in [4.69, 9.17) is 9.47 Å². The molecule has 0 aliphatic carbocycles. The predicted molar refractivity (Wildman–Crippen MR) is 124 cm³/mol. The van der Waals surface area contributed by atoms with Crippen molar-refractivity contribution < 1.29 is 19.1 Å². The van der Waals surface area contributed by atoms with E-state index in [0.717, 1.165) is 10.4 Å². The lowest BCUT2D eigenvalue weighted by Crippen LogP contribution is -2.26. The first-order valence-corrected chi connectivity index (χ1v) is 10.7. The maximum absolute atomic E-state index is 12.5. The molecular weight excluding hydrogens is 444 g/mol. The molecule has 3 aromatic rings. The van der Waals surface area contributed by atoms with Crippen LogP contribution in [0.4, 0.5) is 5.13 Å². The number of hydrogen-bond acceptors (Lipinski definition) is 9. The number of hydrogen-bond donors (Lipinski definition) is 3. The van der Waals surface area contributed by atoms with Crippen LogP contribution in [-0.4, -0.2) is 34.3 Å². The summed E-state index contributed by atoms with van der Waals surface area (Å²) in [5, 5.41) is 4.82. The van der Waals surface area contributed by atoms with E-state index in [0.29, 0.717) is 33.6 Å². The fraction of sp³-hybridized carbons (Fsp3) is 0.136. The lowest BCUT2D eigenvalue weighted by molar-refractivity contribution is -0.118. The molecule has 1 aliphatic rings. The maximum atomic E-state index is 12.5. The number of amides is 2. The number of benzene rings is 1. The minimum atomic E-state index is -0.370. The van der Waals surface area contributed by atoms with Crippen molar-refractivity contribution in [3.05, 3.63) is 70.5 Å². The normalized spacial score (nSPS) is 12.6. The molecule has 1 aliphatic heterocycles. The Balaban J connectivity index is 1.62. The fourth-order valence-corrected chi connectivity index (χ4v) is 3.75. The number of anilines is 1.